The Kier molecular flexibility index (Phi) is 9.41. The smallest absolute Gasteiger partial charge is 0.323 e. The summed E-state index contributed by atoms with van der Waals surface area (Å²) in [5.41, 5.74) is 5.90. The Morgan fingerprint density at radius 3 is 2.68 bits per heavy atom. The van der Waals surface area contributed by atoms with Crippen LogP contribution in [0.15, 0.2) is 36.7 Å². The van der Waals surface area contributed by atoms with E-state index in [0.29, 0.717) is 0 Å². The standard InChI is InChI=1S/C24H31F2N6O7PS/c1-5-35-20-17-19(29-23(27)30-20)32(12-28-17)21-16(25)18(33)24(26,38-21)11-36-40(41,39-15-9-7-6-8-10-15)31-14(4)22(34)37-13(2)3/h6-10,12-14,16,18,21,33H,5,11H2,1-4H3,(H,31,41)(H2,27,29,30). The molecule has 1 aliphatic rings. The lowest BCUT2D eigenvalue weighted by molar-refractivity contribution is -0.202. The van der Waals surface area contributed by atoms with E-state index in [1.807, 2.05) is 0 Å². The number of aromatic nitrogens is 4. The number of aliphatic hydroxyl groups is 1. The van der Waals surface area contributed by atoms with E-state index < -0.39 is 55.7 Å². The fourth-order valence-electron chi connectivity index (χ4n) is 3.90. The molecule has 1 fully saturated rings. The molecule has 224 valence electrons. The SMILES string of the molecule is CCOc1nc(N)nc2c1ncn2C1OC(F)(COP(=S)(NC(C)C(=O)OC(C)C)Oc2ccccc2)C(O)C1F. The molecule has 4 rings (SSSR count). The summed E-state index contributed by atoms with van der Waals surface area (Å²) in [6.07, 6.45) is -5.56. The number of aliphatic hydroxyl groups excluding tert-OH is 1. The highest BCUT2D eigenvalue weighted by molar-refractivity contribution is 8.09. The van der Waals surface area contributed by atoms with Crippen molar-refractivity contribution in [2.75, 3.05) is 18.9 Å². The van der Waals surface area contributed by atoms with E-state index in [1.54, 1.807) is 51.1 Å². The van der Waals surface area contributed by atoms with Crippen LogP contribution in [-0.4, -0.2) is 74.1 Å². The molecule has 6 atom stereocenters. The molecule has 4 N–H and O–H groups in total. The normalized spacial score (nSPS) is 24.7. The van der Waals surface area contributed by atoms with Crippen LogP contribution in [0.1, 0.15) is 33.9 Å². The van der Waals surface area contributed by atoms with Crippen LogP contribution in [0.2, 0.25) is 0 Å². The monoisotopic (exact) mass is 616 g/mol. The van der Waals surface area contributed by atoms with Crippen LogP contribution < -0.4 is 20.1 Å². The molecule has 0 bridgehead atoms. The number of esters is 1. The molecule has 17 heteroatoms. The number of carbonyl (C=O) groups is 1. The van der Waals surface area contributed by atoms with E-state index in [0.717, 1.165) is 10.9 Å². The minimum absolute atomic E-state index is 0.00246. The fourth-order valence-corrected chi connectivity index (χ4v) is 6.29. The van der Waals surface area contributed by atoms with Gasteiger partial charge in [-0.3, -0.25) is 9.36 Å². The molecular weight excluding hydrogens is 585 g/mol. The van der Waals surface area contributed by atoms with E-state index in [1.165, 1.54) is 6.92 Å². The fraction of sp³-hybridized carbons (Fsp3) is 0.500. The Morgan fingerprint density at radius 2 is 2.02 bits per heavy atom. The molecule has 0 aliphatic carbocycles. The first kappa shape index (κ1) is 30.9. The van der Waals surface area contributed by atoms with E-state index >= 15 is 8.78 Å². The van der Waals surface area contributed by atoms with Crippen molar-refractivity contribution in [2.24, 2.45) is 0 Å². The highest BCUT2D eigenvalue weighted by atomic mass is 32.5. The first-order chi connectivity index (χ1) is 19.4. The topological polar surface area (TPSA) is 165 Å². The predicted molar refractivity (Wildman–Crippen MR) is 147 cm³/mol. The van der Waals surface area contributed by atoms with Gasteiger partial charge in [-0.05, 0) is 51.6 Å². The molecule has 13 nitrogen and oxygen atoms in total. The Bertz CT molecular complexity index is 1420. The first-order valence-electron chi connectivity index (χ1n) is 12.6. The van der Waals surface area contributed by atoms with Gasteiger partial charge in [0.2, 0.25) is 11.8 Å². The summed E-state index contributed by atoms with van der Waals surface area (Å²) >= 11 is 5.56. The van der Waals surface area contributed by atoms with Crippen LogP contribution in [0.5, 0.6) is 11.6 Å². The van der Waals surface area contributed by atoms with Gasteiger partial charge in [-0.1, -0.05) is 18.2 Å². The van der Waals surface area contributed by atoms with Gasteiger partial charge >= 0.3 is 12.6 Å². The number of ether oxygens (including phenoxy) is 3. The zero-order valence-electron chi connectivity index (χ0n) is 22.6. The van der Waals surface area contributed by atoms with Gasteiger partial charge in [0, 0.05) is 0 Å². The van der Waals surface area contributed by atoms with Gasteiger partial charge in [-0.15, -0.1) is 0 Å². The van der Waals surface area contributed by atoms with Gasteiger partial charge in [-0.25, -0.2) is 18.9 Å². The molecule has 0 amide bonds. The number of nitrogens with zero attached hydrogens (tertiary/aromatic N) is 4. The Labute approximate surface area is 239 Å². The van der Waals surface area contributed by atoms with Crippen LogP contribution in [0.25, 0.3) is 11.2 Å². The number of para-hydroxylation sites is 1. The van der Waals surface area contributed by atoms with E-state index in [2.05, 4.69) is 20.0 Å². The lowest BCUT2D eigenvalue weighted by Crippen LogP contribution is -2.43. The summed E-state index contributed by atoms with van der Waals surface area (Å²) in [5, 5.41) is 13.3. The number of halogens is 2. The Morgan fingerprint density at radius 1 is 1.32 bits per heavy atom. The summed E-state index contributed by atoms with van der Waals surface area (Å²) in [4.78, 5) is 24.6. The van der Waals surface area contributed by atoms with Crippen LogP contribution in [0.3, 0.4) is 0 Å². The molecule has 0 saturated carbocycles. The molecule has 1 aliphatic heterocycles. The van der Waals surface area contributed by atoms with Crippen molar-refractivity contribution in [1.29, 1.82) is 0 Å². The number of fused-ring (bicyclic) bond motifs is 1. The van der Waals surface area contributed by atoms with Crippen molar-refractivity contribution in [3.63, 3.8) is 0 Å². The largest absolute Gasteiger partial charge is 0.476 e. The van der Waals surface area contributed by atoms with Crippen molar-refractivity contribution >= 4 is 41.5 Å². The Hall–Kier alpha value is -3.01. The van der Waals surface area contributed by atoms with Gasteiger partial charge in [0.25, 0.3) is 5.85 Å². The maximum Gasteiger partial charge on any atom is 0.323 e. The van der Waals surface area contributed by atoms with Crippen molar-refractivity contribution in [2.45, 2.75) is 64.2 Å². The lowest BCUT2D eigenvalue weighted by Gasteiger charge is -2.30. The second-order valence-electron chi connectivity index (χ2n) is 9.34. The molecule has 41 heavy (non-hydrogen) atoms. The number of benzene rings is 1. The molecule has 1 saturated heterocycles. The van der Waals surface area contributed by atoms with Crippen LogP contribution in [0, 0.1) is 0 Å². The number of alkyl halides is 2. The van der Waals surface area contributed by atoms with Crippen molar-refractivity contribution in [3.8, 4) is 11.6 Å². The maximum atomic E-state index is 16.1. The summed E-state index contributed by atoms with van der Waals surface area (Å²) in [7, 11) is 0. The molecular formula is C24H31F2N6O7PS. The van der Waals surface area contributed by atoms with Crippen molar-refractivity contribution in [1.82, 2.24) is 24.6 Å². The highest BCUT2D eigenvalue weighted by Gasteiger charge is 2.58. The van der Waals surface area contributed by atoms with Gasteiger partial charge in [0.1, 0.15) is 18.4 Å². The molecule has 1 aromatic carbocycles. The van der Waals surface area contributed by atoms with Crippen LogP contribution >= 0.6 is 6.64 Å². The highest BCUT2D eigenvalue weighted by Crippen LogP contribution is 2.49. The third-order valence-electron chi connectivity index (χ3n) is 5.75. The Balaban J connectivity index is 1.57. The summed E-state index contributed by atoms with van der Waals surface area (Å²) in [5.74, 6) is -3.61. The lowest BCUT2D eigenvalue weighted by atomic mass is 10.1. The average Bonchev–Trinajstić information content (AvgIpc) is 3.42. The molecule has 3 heterocycles. The maximum absolute atomic E-state index is 16.1. The number of imidazole rings is 1. The number of nitrogens with two attached hydrogens (primary N) is 1. The summed E-state index contributed by atoms with van der Waals surface area (Å²) < 4.78 is 60.0. The quantitative estimate of drug-likeness (QED) is 0.201. The number of carbonyl (C=O) groups excluding carboxylic acids is 1. The number of hydrogen-bond donors (Lipinski definition) is 3. The van der Waals surface area contributed by atoms with Crippen molar-refractivity contribution < 1.29 is 41.9 Å². The van der Waals surface area contributed by atoms with Gasteiger partial charge in [0.05, 0.1) is 19.0 Å². The number of nitrogen functional groups attached to an aromatic ring is 1. The number of hydrogen-bond acceptors (Lipinski definition) is 12. The van der Waals surface area contributed by atoms with Gasteiger partial charge in [-0.2, -0.15) is 9.97 Å². The molecule has 2 aromatic heterocycles. The average molecular weight is 617 g/mol. The third kappa shape index (κ3) is 6.90. The van der Waals surface area contributed by atoms with Gasteiger partial charge in [0.15, 0.2) is 29.7 Å². The van der Waals surface area contributed by atoms with Crippen LogP contribution in [0.4, 0.5) is 14.7 Å². The van der Waals surface area contributed by atoms with Crippen LogP contribution in [-0.2, 0) is 30.6 Å². The minimum Gasteiger partial charge on any atom is -0.476 e. The first-order valence-corrected chi connectivity index (χ1v) is 15.3. The number of anilines is 1. The summed E-state index contributed by atoms with van der Waals surface area (Å²) in [6.45, 7) is 2.01. The molecule has 0 radical (unpaired) electrons. The van der Waals surface area contributed by atoms with Crippen molar-refractivity contribution in [3.05, 3.63) is 36.7 Å². The zero-order chi connectivity index (χ0) is 29.9. The predicted octanol–water partition coefficient (Wildman–Crippen LogP) is 2.95. The third-order valence-corrected chi connectivity index (χ3v) is 8.23. The summed E-state index contributed by atoms with van der Waals surface area (Å²) in [6, 6.07) is 7.23. The number of rotatable bonds is 12. The second-order valence-corrected chi connectivity index (χ2v) is 12.5. The minimum atomic E-state index is -3.72. The zero-order valence-corrected chi connectivity index (χ0v) is 24.4. The van der Waals surface area contributed by atoms with E-state index in [-0.39, 0.29) is 35.3 Å². The van der Waals surface area contributed by atoms with Gasteiger partial charge < -0.3 is 34.1 Å². The van der Waals surface area contributed by atoms with E-state index in [4.69, 9.17) is 40.8 Å². The molecule has 3 aromatic rings. The molecule has 0 spiro atoms. The number of nitrogens with one attached hydrogen (secondary N) is 1. The second kappa shape index (κ2) is 12.5. The van der Waals surface area contributed by atoms with E-state index in [9.17, 15) is 9.90 Å². The molecule has 6 unspecified atom stereocenters.